The molecule has 2 aromatic rings. The number of fused-ring (bicyclic) bond motifs is 1. The Morgan fingerprint density at radius 2 is 1.87 bits per heavy atom. The molecule has 30 heavy (non-hydrogen) atoms. The number of carbonyl (C=O) groups is 1. The maximum Gasteiger partial charge on any atom is 0.189 e. The van der Waals surface area contributed by atoms with Gasteiger partial charge in [0.05, 0.1) is 11.1 Å². The van der Waals surface area contributed by atoms with Crippen LogP contribution in [0.3, 0.4) is 0 Å². The van der Waals surface area contributed by atoms with Crippen LogP contribution in [-0.4, -0.2) is 26.7 Å². The molecule has 1 aliphatic heterocycles. The lowest BCUT2D eigenvalue weighted by molar-refractivity contribution is 0.104. The lowest BCUT2D eigenvalue weighted by Crippen LogP contribution is -2.31. The van der Waals surface area contributed by atoms with Gasteiger partial charge in [0.2, 0.25) is 0 Å². The summed E-state index contributed by atoms with van der Waals surface area (Å²) >= 11 is 0. The molecule has 0 bridgehead atoms. The summed E-state index contributed by atoms with van der Waals surface area (Å²) in [6, 6.07) is 7.81. The second kappa shape index (κ2) is 8.49. The number of hydrogen-bond donors (Lipinski definition) is 3. The topological polar surface area (TPSA) is 87.0 Å². The molecule has 0 radical (unpaired) electrons. The van der Waals surface area contributed by atoms with Gasteiger partial charge >= 0.3 is 0 Å². The first-order chi connectivity index (χ1) is 14.2. The zero-order valence-electron chi connectivity index (χ0n) is 17.3. The minimum absolute atomic E-state index is 0.0423. The van der Waals surface area contributed by atoms with E-state index in [0.717, 1.165) is 6.42 Å². The highest BCUT2D eigenvalue weighted by Crippen LogP contribution is 2.45. The number of carbonyl (C=O) groups excluding carboxylic acids is 1. The third-order valence-electron chi connectivity index (χ3n) is 5.02. The van der Waals surface area contributed by atoms with Crippen LogP contribution >= 0.6 is 0 Å². The number of aromatic hydroxyl groups is 3. The quantitative estimate of drug-likeness (QED) is 0.251. The zero-order chi connectivity index (χ0) is 21.9. The van der Waals surface area contributed by atoms with E-state index >= 15 is 0 Å². The Kier molecular flexibility index (Phi) is 6.01. The highest BCUT2D eigenvalue weighted by atomic mass is 16.5. The van der Waals surface area contributed by atoms with Crippen molar-refractivity contribution in [3.63, 3.8) is 0 Å². The summed E-state index contributed by atoms with van der Waals surface area (Å²) in [6.07, 6.45) is 9.86. The van der Waals surface area contributed by atoms with Gasteiger partial charge in [0, 0.05) is 5.56 Å². The van der Waals surface area contributed by atoms with Gasteiger partial charge in [-0.25, -0.2) is 0 Å². The van der Waals surface area contributed by atoms with E-state index in [1.807, 2.05) is 26.8 Å². The molecule has 0 saturated heterocycles. The van der Waals surface area contributed by atoms with Crippen molar-refractivity contribution in [1.82, 2.24) is 0 Å². The van der Waals surface area contributed by atoms with E-state index in [-0.39, 0.29) is 34.1 Å². The second-order valence-corrected chi connectivity index (χ2v) is 7.86. The Hall–Kier alpha value is -3.47. The van der Waals surface area contributed by atoms with E-state index in [0.29, 0.717) is 12.0 Å². The number of phenolic OH excluding ortho intramolecular Hbond substituents is 3. The molecular weight excluding hydrogens is 380 g/mol. The Labute approximate surface area is 176 Å². The van der Waals surface area contributed by atoms with Crippen molar-refractivity contribution in [1.29, 1.82) is 0 Å². The Bertz CT molecular complexity index is 1060. The van der Waals surface area contributed by atoms with Crippen LogP contribution in [0.1, 0.15) is 55.1 Å². The fourth-order valence-electron chi connectivity index (χ4n) is 3.30. The predicted octanol–water partition coefficient (Wildman–Crippen LogP) is 5.61. The minimum atomic E-state index is -0.626. The van der Waals surface area contributed by atoms with Gasteiger partial charge in [-0.3, -0.25) is 4.79 Å². The summed E-state index contributed by atoms with van der Waals surface area (Å²) in [5, 5.41) is 30.9. The van der Waals surface area contributed by atoms with Crippen LogP contribution in [0, 0.1) is 0 Å². The smallest absolute Gasteiger partial charge is 0.189 e. The van der Waals surface area contributed by atoms with Crippen molar-refractivity contribution >= 4 is 17.9 Å². The van der Waals surface area contributed by atoms with Crippen LogP contribution in [0.15, 0.2) is 54.1 Å². The molecule has 1 atom stereocenters. The van der Waals surface area contributed by atoms with Crippen molar-refractivity contribution in [3.05, 3.63) is 70.8 Å². The van der Waals surface area contributed by atoms with Crippen LogP contribution in [-0.2, 0) is 0 Å². The van der Waals surface area contributed by atoms with Crippen molar-refractivity contribution < 1.29 is 24.9 Å². The summed E-state index contributed by atoms with van der Waals surface area (Å²) in [7, 11) is 0. The fraction of sp³-hybridized carbons (Fsp3) is 0.240. The number of rotatable bonds is 6. The first kappa shape index (κ1) is 21.2. The fourth-order valence-corrected chi connectivity index (χ4v) is 3.30. The van der Waals surface area contributed by atoms with E-state index in [2.05, 4.69) is 6.08 Å². The normalized spacial score (nSPS) is 17.4. The van der Waals surface area contributed by atoms with Gasteiger partial charge in [0.25, 0.3) is 0 Å². The van der Waals surface area contributed by atoms with E-state index in [4.69, 9.17) is 4.74 Å². The number of allylic oxidation sites excluding steroid dienone is 3. The van der Waals surface area contributed by atoms with E-state index in [9.17, 15) is 20.1 Å². The number of para-hydroxylation sites is 1. The molecule has 0 aliphatic carbocycles. The first-order valence-corrected chi connectivity index (χ1v) is 9.81. The standard InChI is InChI=1S/C25H26O5/c1-16(2)7-6-13-25(3)14-12-18-23(29)19(15-22(28)24(18)30-25)21(27)11-10-17-8-4-5-9-20(17)26/h4-5,7-12,14-15,26,28-29H,6,13H2,1-3H3. The van der Waals surface area contributed by atoms with E-state index < -0.39 is 11.4 Å². The number of phenols is 3. The molecule has 5 heteroatoms. The molecule has 3 rings (SSSR count). The number of ketones is 1. The molecule has 5 nitrogen and oxygen atoms in total. The summed E-state index contributed by atoms with van der Waals surface area (Å²) in [6.45, 7) is 5.98. The molecule has 0 saturated carbocycles. The highest BCUT2D eigenvalue weighted by Gasteiger charge is 2.31. The molecule has 156 valence electrons. The van der Waals surface area contributed by atoms with Crippen LogP contribution in [0.2, 0.25) is 0 Å². The molecule has 0 amide bonds. The third-order valence-corrected chi connectivity index (χ3v) is 5.02. The van der Waals surface area contributed by atoms with Gasteiger partial charge in [-0.15, -0.1) is 0 Å². The molecular formula is C25H26O5. The van der Waals surface area contributed by atoms with Gasteiger partial charge in [-0.05, 0) is 70.0 Å². The van der Waals surface area contributed by atoms with E-state index in [1.165, 1.54) is 29.9 Å². The molecule has 0 fully saturated rings. The second-order valence-electron chi connectivity index (χ2n) is 7.86. The molecule has 2 aromatic carbocycles. The van der Waals surface area contributed by atoms with Gasteiger partial charge in [0.1, 0.15) is 17.1 Å². The number of ether oxygens (including phenoxy) is 1. The Balaban J connectivity index is 1.87. The summed E-state index contributed by atoms with van der Waals surface area (Å²) in [4.78, 5) is 12.6. The monoisotopic (exact) mass is 406 g/mol. The van der Waals surface area contributed by atoms with Crippen LogP contribution in [0.5, 0.6) is 23.0 Å². The van der Waals surface area contributed by atoms with Crippen LogP contribution in [0.4, 0.5) is 0 Å². The van der Waals surface area contributed by atoms with Gasteiger partial charge < -0.3 is 20.1 Å². The lowest BCUT2D eigenvalue weighted by Gasteiger charge is -2.32. The Morgan fingerprint density at radius 3 is 2.57 bits per heavy atom. The van der Waals surface area contributed by atoms with Crippen LogP contribution < -0.4 is 4.74 Å². The number of hydrogen-bond acceptors (Lipinski definition) is 5. The SMILES string of the molecule is CC(C)=CCCC1(C)C=Cc2c(O)c(C(=O)C=Cc3ccccc3O)cc(O)c2O1. The maximum atomic E-state index is 12.6. The van der Waals surface area contributed by atoms with Crippen molar-refractivity contribution in [2.75, 3.05) is 0 Å². The average molecular weight is 406 g/mol. The minimum Gasteiger partial charge on any atom is -0.507 e. The summed E-state index contributed by atoms with van der Waals surface area (Å²) in [5.74, 6) is -0.755. The highest BCUT2D eigenvalue weighted by molar-refractivity contribution is 6.10. The summed E-state index contributed by atoms with van der Waals surface area (Å²) in [5.41, 5.74) is 1.30. The largest absolute Gasteiger partial charge is 0.507 e. The Morgan fingerprint density at radius 1 is 1.13 bits per heavy atom. The third kappa shape index (κ3) is 4.57. The lowest BCUT2D eigenvalue weighted by atomic mass is 9.92. The number of benzene rings is 2. The van der Waals surface area contributed by atoms with Gasteiger partial charge in [-0.1, -0.05) is 29.8 Å². The predicted molar refractivity (Wildman–Crippen MR) is 118 cm³/mol. The molecule has 1 unspecified atom stereocenters. The van der Waals surface area contributed by atoms with Gasteiger partial charge in [-0.2, -0.15) is 0 Å². The zero-order valence-corrected chi connectivity index (χ0v) is 17.3. The van der Waals surface area contributed by atoms with Crippen molar-refractivity contribution in [3.8, 4) is 23.0 Å². The summed E-state index contributed by atoms with van der Waals surface area (Å²) < 4.78 is 6.00. The van der Waals surface area contributed by atoms with E-state index in [1.54, 1.807) is 24.3 Å². The maximum absolute atomic E-state index is 12.6. The average Bonchev–Trinajstić information content (AvgIpc) is 2.69. The molecule has 0 spiro atoms. The molecule has 1 heterocycles. The molecule has 0 aromatic heterocycles. The van der Waals surface area contributed by atoms with Crippen LogP contribution in [0.25, 0.3) is 12.2 Å². The molecule has 3 N–H and O–H groups in total. The molecule has 1 aliphatic rings. The first-order valence-electron chi connectivity index (χ1n) is 9.81. The van der Waals surface area contributed by atoms with Gasteiger partial charge in [0.15, 0.2) is 17.3 Å². The van der Waals surface area contributed by atoms with Crippen molar-refractivity contribution in [2.24, 2.45) is 0 Å². The van der Waals surface area contributed by atoms with Crippen molar-refractivity contribution in [2.45, 2.75) is 39.2 Å².